The molecular formula is C17H22FN3. The van der Waals surface area contributed by atoms with E-state index in [0.29, 0.717) is 6.04 Å². The summed E-state index contributed by atoms with van der Waals surface area (Å²) in [6.45, 7) is 2.82. The Bertz CT molecular complexity index is 570. The normalized spacial score (nSPS) is 17.2. The lowest BCUT2D eigenvalue weighted by Crippen LogP contribution is -2.18. The van der Waals surface area contributed by atoms with E-state index in [-0.39, 0.29) is 11.9 Å². The molecule has 1 saturated carbocycles. The van der Waals surface area contributed by atoms with Crippen molar-refractivity contribution in [3.63, 3.8) is 0 Å². The van der Waals surface area contributed by atoms with Crippen molar-refractivity contribution in [2.75, 3.05) is 0 Å². The zero-order chi connectivity index (χ0) is 14.7. The minimum absolute atomic E-state index is 0.183. The van der Waals surface area contributed by atoms with Gasteiger partial charge in [0.1, 0.15) is 5.82 Å². The first-order valence-corrected chi connectivity index (χ1v) is 7.75. The van der Waals surface area contributed by atoms with Gasteiger partial charge in [0.05, 0.1) is 11.7 Å². The first-order valence-electron chi connectivity index (χ1n) is 7.75. The van der Waals surface area contributed by atoms with Crippen molar-refractivity contribution in [3.8, 4) is 0 Å². The van der Waals surface area contributed by atoms with Gasteiger partial charge in [0.25, 0.3) is 0 Å². The highest BCUT2D eigenvalue weighted by Gasteiger charge is 2.17. The lowest BCUT2D eigenvalue weighted by Gasteiger charge is -2.13. The molecule has 3 nitrogen and oxygen atoms in total. The highest BCUT2D eigenvalue weighted by Crippen LogP contribution is 2.28. The monoisotopic (exact) mass is 287 g/mol. The summed E-state index contributed by atoms with van der Waals surface area (Å²) in [5, 5.41) is 8.11. The Kier molecular flexibility index (Phi) is 4.34. The van der Waals surface area contributed by atoms with Crippen LogP contribution in [0.25, 0.3) is 0 Å². The lowest BCUT2D eigenvalue weighted by molar-refractivity contribution is 0.458. The molecule has 21 heavy (non-hydrogen) atoms. The number of rotatable bonds is 5. The van der Waals surface area contributed by atoms with Crippen LogP contribution in [0.1, 0.15) is 55.9 Å². The SMILES string of the molecule is CC(NCc1ccn(C2CCCC2)n1)c1ccc(F)cc1. The zero-order valence-electron chi connectivity index (χ0n) is 12.4. The zero-order valence-corrected chi connectivity index (χ0v) is 12.4. The van der Waals surface area contributed by atoms with Crippen LogP contribution in [0.15, 0.2) is 36.5 Å². The molecule has 1 aliphatic rings. The van der Waals surface area contributed by atoms with Gasteiger partial charge in [-0.2, -0.15) is 5.10 Å². The van der Waals surface area contributed by atoms with Gasteiger partial charge < -0.3 is 5.32 Å². The number of nitrogens with zero attached hydrogens (tertiary/aromatic N) is 2. The van der Waals surface area contributed by atoms with Crippen molar-refractivity contribution in [2.45, 2.75) is 51.2 Å². The summed E-state index contributed by atoms with van der Waals surface area (Å²) in [7, 11) is 0. The van der Waals surface area contributed by atoms with Crippen LogP contribution in [0.5, 0.6) is 0 Å². The summed E-state index contributed by atoms with van der Waals surface area (Å²) in [5.41, 5.74) is 2.16. The van der Waals surface area contributed by atoms with E-state index >= 15 is 0 Å². The van der Waals surface area contributed by atoms with E-state index in [2.05, 4.69) is 34.3 Å². The molecule has 1 fully saturated rings. The van der Waals surface area contributed by atoms with Crippen LogP contribution in [-0.2, 0) is 6.54 Å². The average molecular weight is 287 g/mol. The Morgan fingerprint density at radius 3 is 2.67 bits per heavy atom. The second-order valence-electron chi connectivity index (χ2n) is 5.88. The van der Waals surface area contributed by atoms with Crippen molar-refractivity contribution in [2.24, 2.45) is 0 Å². The third-order valence-corrected chi connectivity index (χ3v) is 4.32. The number of nitrogens with one attached hydrogen (secondary N) is 1. The van der Waals surface area contributed by atoms with E-state index in [9.17, 15) is 4.39 Å². The van der Waals surface area contributed by atoms with E-state index in [0.717, 1.165) is 17.8 Å². The molecule has 0 bridgehead atoms. The number of aromatic nitrogens is 2. The van der Waals surface area contributed by atoms with Gasteiger partial charge in [-0.1, -0.05) is 25.0 Å². The minimum atomic E-state index is -0.193. The first-order chi connectivity index (χ1) is 10.2. The topological polar surface area (TPSA) is 29.9 Å². The standard InChI is InChI=1S/C17H22FN3/c1-13(14-6-8-15(18)9-7-14)19-12-16-10-11-21(20-16)17-4-2-3-5-17/h6-11,13,17,19H,2-5,12H2,1H3. The second kappa shape index (κ2) is 6.39. The molecule has 0 saturated heterocycles. The Labute approximate surface area is 125 Å². The van der Waals surface area contributed by atoms with Crippen LogP contribution in [0.2, 0.25) is 0 Å². The van der Waals surface area contributed by atoms with Crippen molar-refractivity contribution in [1.82, 2.24) is 15.1 Å². The molecule has 1 aliphatic carbocycles. The van der Waals surface area contributed by atoms with Crippen LogP contribution in [0.4, 0.5) is 4.39 Å². The summed E-state index contributed by atoms with van der Waals surface area (Å²) >= 11 is 0. The maximum atomic E-state index is 12.9. The first kappa shape index (κ1) is 14.3. The van der Waals surface area contributed by atoms with Crippen molar-refractivity contribution in [3.05, 3.63) is 53.6 Å². The molecule has 1 unspecified atom stereocenters. The minimum Gasteiger partial charge on any atom is -0.304 e. The molecule has 3 rings (SSSR count). The molecule has 0 radical (unpaired) electrons. The Morgan fingerprint density at radius 1 is 1.24 bits per heavy atom. The summed E-state index contributed by atoms with van der Waals surface area (Å²) in [6, 6.07) is 9.51. The molecule has 0 aliphatic heterocycles. The molecule has 2 aromatic rings. The van der Waals surface area contributed by atoms with Crippen LogP contribution < -0.4 is 5.32 Å². The predicted octanol–water partition coefficient (Wildman–Crippen LogP) is 3.99. The van der Waals surface area contributed by atoms with Crippen molar-refractivity contribution in [1.29, 1.82) is 0 Å². The van der Waals surface area contributed by atoms with Gasteiger partial charge in [-0.15, -0.1) is 0 Å². The van der Waals surface area contributed by atoms with E-state index in [1.807, 2.05) is 12.1 Å². The molecule has 1 aromatic heterocycles. The van der Waals surface area contributed by atoms with Crippen LogP contribution in [-0.4, -0.2) is 9.78 Å². The number of benzene rings is 1. The quantitative estimate of drug-likeness (QED) is 0.901. The van der Waals surface area contributed by atoms with Gasteiger partial charge in [0.2, 0.25) is 0 Å². The number of hydrogen-bond acceptors (Lipinski definition) is 2. The fourth-order valence-electron chi connectivity index (χ4n) is 2.97. The van der Waals surface area contributed by atoms with Gasteiger partial charge in [-0.3, -0.25) is 4.68 Å². The Balaban J connectivity index is 1.56. The van der Waals surface area contributed by atoms with E-state index < -0.39 is 0 Å². The molecule has 1 aromatic carbocycles. The fraction of sp³-hybridized carbons (Fsp3) is 0.471. The smallest absolute Gasteiger partial charge is 0.123 e. The molecular weight excluding hydrogens is 265 g/mol. The van der Waals surface area contributed by atoms with E-state index in [1.165, 1.54) is 37.8 Å². The Morgan fingerprint density at radius 2 is 1.95 bits per heavy atom. The van der Waals surface area contributed by atoms with Gasteiger partial charge in [0, 0.05) is 18.8 Å². The second-order valence-corrected chi connectivity index (χ2v) is 5.88. The largest absolute Gasteiger partial charge is 0.304 e. The number of hydrogen-bond donors (Lipinski definition) is 1. The van der Waals surface area contributed by atoms with Crippen LogP contribution >= 0.6 is 0 Å². The Hall–Kier alpha value is -1.68. The summed E-state index contributed by atoms with van der Waals surface area (Å²) in [6.07, 6.45) is 7.23. The summed E-state index contributed by atoms with van der Waals surface area (Å²) < 4.78 is 15.0. The molecule has 0 spiro atoms. The molecule has 1 N–H and O–H groups in total. The number of halogens is 1. The molecule has 4 heteroatoms. The fourth-order valence-corrected chi connectivity index (χ4v) is 2.97. The van der Waals surface area contributed by atoms with Crippen molar-refractivity contribution >= 4 is 0 Å². The van der Waals surface area contributed by atoms with E-state index in [4.69, 9.17) is 0 Å². The average Bonchev–Trinajstić information content (AvgIpc) is 3.16. The summed E-state index contributed by atoms with van der Waals surface area (Å²) in [4.78, 5) is 0. The molecule has 1 heterocycles. The third kappa shape index (κ3) is 3.50. The molecule has 1 atom stereocenters. The maximum Gasteiger partial charge on any atom is 0.123 e. The van der Waals surface area contributed by atoms with Gasteiger partial charge in [-0.25, -0.2) is 4.39 Å². The maximum absolute atomic E-state index is 12.9. The molecule has 0 amide bonds. The molecule has 112 valence electrons. The van der Waals surface area contributed by atoms with Gasteiger partial charge in [-0.05, 0) is 43.5 Å². The van der Waals surface area contributed by atoms with Crippen LogP contribution in [0, 0.1) is 5.82 Å². The lowest BCUT2D eigenvalue weighted by atomic mass is 10.1. The highest BCUT2D eigenvalue weighted by atomic mass is 19.1. The van der Waals surface area contributed by atoms with Crippen molar-refractivity contribution < 1.29 is 4.39 Å². The highest BCUT2D eigenvalue weighted by molar-refractivity contribution is 5.19. The van der Waals surface area contributed by atoms with Crippen LogP contribution in [0.3, 0.4) is 0 Å². The van der Waals surface area contributed by atoms with Gasteiger partial charge in [0.15, 0.2) is 0 Å². The summed E-state index contributed by atoms with van der Waals surface area (Å²) in [5.74, 6) is -0.193. The van der Waals surface area contributed by atoms with Gasteiger partial charge >= 0.3 is 0 Å². The third-order valence-electron chi connectivity index (χ3n) is 4.32. The van der Waals surface area contributed by atoms with E-state index in [1.54, 1.807) is 0 Å². The predicted molar refractivity (Wildman–Crippen MR) is 81.4 cm³/mol.